The van der Waals surface area contributed by atoms with Crippen LogP contribution in [0.25, 0.3) is 0 Å². The summed E-state index contributed by atoms with van der Waals surface area (Å²) in [5.74, 6) is -0.618. The molecule has 0 spiro atoms. The van der Waals surface area contributed by atoms with Gasteiger partial charge in [0.25, 0.3) is 0 Å². The number of hydrogen-bond donors (Lipinski definition) is 3. The van der Waals surface area contributed by atoms with Crippen LogP contribution in [-0.4, -0.2) is 11.5 Å². The Morgan fingerprint density at radius 1 is 1.39 bits per heavy atom. The normalized spacial score (nSPS) is 10.6. The van der Waals surface area contributed by atoms with Gasteiger partial charge in [0, 0.05) is 18.3 Å². The number of nitrogens with zero attached hydrogens (tertiary/aromatic N) is 1. The molecule has 18 heavy (non-hydrogen) atoms. The van der Waals surface area contributed by atoms with Crippen LogP contribution in [0, 0.1) is 5.82 Å². The first kappa shape index (κ1) is 12.9. The zero-order valence-corrected chi connectivity index (χ0v) is 11.0. The lowest BCUT2D eigenvalue weighted by Crippen LogP contribution is -2.10. The quantitative estimate of drug-likeness (QED) is 0.755. The molecule has 0 fully saturated rings. The average Bonchev–Trinajstić information content (AvgIpc) is 2.84. The Hall–Kier alpha value is -1.53. The van der Waals surface area contributed by atoms with Gasteiger partial charge < -0.3 is 16.8 Å². The molecular formula is C11H12ClFN4S. The molecule has 1 aromatic heterocycles. The second kappa shape index (κ2) is 5.41. The van der Waals surface area contributed by atoms with Crippen LogP contribution in [-0.2, 0) is 6.42 Å². The summed E-state index contributed by atoms with van der Waals surface area (Å²) in [6, 6.07) is 1.44. The van der Waals surface area contributed by atoms with E-state index in [1.54, 1.807) is 5.51 Å². The summed E-state index contributed by atoms with van der Waals surface area (Å²) in [5.41, 5.74) is 14.5. The van der Waals surface area contributed by atoms with Gasteiger partial charge in [-0.3, -0.25) is 0 Å². The first-order chi connectivity index (χ1) is 8.59. The van der Waals surface area contributed by atoms with Crippen molar-refractivity contribution in [3.05, 3.63) is 33.5 Å². The van der Waals surface area contributed by atoms with Gasteiger partial charge in [-0.25, -0.2) is 9.37 Å². The van der Waals surface area contributed by atoms with Crippen LogP contribution in [0.2, 0.25) is 5.02 Å². The molecule has 0 aliphatic carbocycles. The largest absolute Gasteiger partial charge is 0.397 e. The van der Waals surface area contributed by atoms with Crippen LogP contribution < -0.4 is 16.8 Å². The van der Waals surface area contributed by atoms with Crippen molar-refractivity contribution in [2.45, 2.75) is 6.42 Å². The molecule has 5 N–H and O–H groups in total. The molecular weight excluding hydrogens is 275 g/mol. The molecule has 2 rings (SSSR count). The lowest BCUT2D eigenvalue weighted by molar-refractivity contribution is 0.631. The SMILES string of the molecule is Nc1cc(N)c(NCCc2cscn2)c(F)c1Cl. The number of halogens is 2. The molecule has 0 aliphatic heterocycles. The van der Waals surface area contributed by atoms with Gasteiger partial charge in [-0.15, -0.1) is 11.3 Å². The Labute approximate surface area is 113 Å². The van der Waals surface area contributed by atoms with Crippen molar-refractivity contribution in [3.63, 3.8) is 0 Å². The Morgan fingerprint density at radius 2 is 2.17 bits per heavy atom. The number of nitrogens with one attached hydrogen (secondary N) is 1. The van der Waals surface area contributed by atoms with Gasteiger partial charge in [0.2, 0.25) is 0 Å². The molecule has 1 aromatic carbocycles. The summed E-state index contributed by atoms with van der Waals surface area (Å²) < 4.78 is 13.8. The zero-order chi connectivity index (χ0) is 13.1. The number of hydrogen-bond acceptors (Lipinski definition) is 5. The topological polar surface area (TPSA) is 77.0 Å². The highest BCUT2D eigenvalue weighted by Crippen LogP contribution is 2.33. The Bertz CT molecular complexity index is 544. The van der Waals surface area contributed by atoms with Crippen molar-refractivity contribution in [1.82, 2.24) is 4.98 Å². The molecule has 0 bridgehead atoms. The van der Waals surface area contributed by atoms with E-state index < -0.39 is 5.82 Å². The van der Waals surface area contributed by atoms with Gasteiger partial charge in [0.05, 0.1) is 28.3 Å². The van der Waals surface area contributed by atoms with Crippen molar-refractivity contribution in [3.8, 4) is 0 Å². The molecule has 4 nitrogen and oxygen atoms in total. The number of benzene rings is 1. The fourth-order valence-electron chi connectivity index (χ4n) is 1.52. The van der Waals surface area contributed by atoms with Crippen LogP contribution in [0.1, 0.15) is 5.69 Å². The molecule has 7 heteroatoms. The first-order valence-corrected chi connectivity index (χ1v) is 6.55. The molecule has 0 unspecified atom stereocenters. The fourth-order valence-corrected chi connectivity index (χ4v) is 2.26. The van der Waals surface area contributed by atoms with E-state index in [0.717, 1.165) is 5.69 Å². The third kappa shape index (κ3) is 2.65. The molecule has 0 amide bonds. The minimum Gasteiger partial charge on any atom is -0.397 e. The van der Waals surface area contributed by atoms with Gasteiger partial charge in [-0.1, -0.05) is 11.6 Å². The van der Waals surface area contributed by atoms with Crippen molar-refractivity contribution < 1.29 is 4.39 Å². The Kier molecular flexibility index (Phi) is 3.88. The summed E-state index contributed by atoms with van der Waals surface area (Å²) in [6.45, 7) is 0.519. The number of anilines is 3. The van der Waals surface area contributed by atoms with Gasteiger partial charge in [0.15, 0.2) is 5.82 Å². The maximum atomic E-state index is 13.8. The maximum absolute atomic E-state index is 13.8. The highest BCUT2D eigenvalue weighted by molar-refractivity contribution is 7.07. The smallest absolute Gasteiger partial charge is 0.169 e. The highest BCUT2D eigenvalue weighted by Gasteiger charge is 2.13. The van der Waals surface area contributed by atoms with Gasteiger partial charge in [-0.2, -0.15) is 0 Å². The zero-order valence-electron chi connectivity index (χ0n) is 9.41. The Balaban J connectivity index is 2.07. The van der Waals surface area contributed by atoms with Crippen molar-refractivity contribution >= 4 is 40.0 Å². The first-order valence-electron chi connectivity index (χ1n) is 5.23. The second-order valence-corrected chi connectivity index (χ2v) is 4.81. The molecule has 0 radical (unpaired) electrons. The fraction of sp³-hybridized carbons (Fsp3) is 0.182. The van der Waals surface area contributed by atoms with Gasteiger partial charge in [0.1, 0.15) is 5.02 Å². The van der Waals surface area contributed by atoms with Crippen LogP contribution in [0.4, 0.5) is 21.5 Å². The van der Waals surface area contributed by atoms with E-state index in [1.165, 1.54) is 17.4 Å². The third-order valence-electron chi connectivity index (χ3n) is 2.43. The monoisotopic (exact) mass is 286 g/mol. The standard InChI is InChI=1S/C11H12ClFN4S/c12-9-7(14)3-8(15)11(10(9)13)16-2-1-6-4-18-5-17-6/h3-5,16H,1-2,14-15H2. The summed E-state index contributed by atoms with van der Waals surface area (Å²) >= 11 is 7.25. The van der Waals surface area contributed by atoms with Crippen LogP contribution >= 0.6 is 22.9 Å². The Morgan fingerprint density at radius 3 is 2.83 bits per heavy atom. The summed E-state index contributed by atoms with van der Waals surface area (Å²) in [7, 11) is 0. The number of aromatic nitrogens is 1. The predicted octanol–water partition coefficient (Wildman–Crippen LogP) is 2.75. The van der Waals surface area contributed by atoms with Crippen LogP contribution in [0.5, 0.6) is 0 Å². The lowest BCUT2D eigenvalue weighted by atomic mass is 10.2. The summed E-state index contributed by atoms with van der Waals surface area (Å²) in [5, 5.41) is 4.74. The van der Waals surface area contributed by atoms with Crippen molar-refractivity contribution in [2.75, 3.05) is 23.3 Å². The highest BCUT2D eigenvalue weighted by atomic mass is 35.5. The molecule has 0 atom stereocenters. The lowest BCUT2D eigenvalue weighted by Gasteiger charge is -2.12. The van der Waals surface area contributed by atoms with Gasteiger partial charge >= 0.3 is 0 Å². The molecule has 0 aliphatic rings. The van der Waals surface area contributed by atoms with E-state index >= 15 is 0 Å². The van der Waals surface area contributed by atoms with Gasteiger partial charge in [-0.05, 0) is 6.07 Å². The molecule has 0 saturated carbocycles. The molecule has 0 saturated heterocycles. The second-order valence-electron chi connectivity index (χ2n) is 3.71. The number of nitrogen functional groups attached to an aromatic ring is 2. The molecule has 1 heterocycles. The predicted molar refractivity (Wildman–Crippen MR) is 74.5 cm³/mol. The number of rotatable bonds is 4. The number of nitrogens with two attached hydrogens (primary N) is 2. The van der Waals surface area contributed by atoms with Crippen molar-refractivity contribution in [2.24, 2.45) is 0 Å². The van der Waals surface area contributed by atoms with E-state index in [-0.39, 0.29) is 22.1 Å². The van der Waals surface area contributed by atoms with Crippen LogP contribution in [0.15, 0.2) is 17.0 Å². The van der Waals surface area contributed by atoms with E-state index in [2.05, 4.69) is 10.3 Å². The van der Waals surface area contributed by atoms with Crippen molar-refractivity contribution in [1.29, 1.82) is 0 Å². The maximum Gasteiger partial charge on any atom is 0.169 e. The van der Waals surface area contributed by atoms with E-state index in [1.807, 2.05) is 5.38 Å². The number of thiazole rings is 1. The average molecular weight is 287 g/mol. The summed E-state index contributed by atoms with van der Waals surface area (Å²) in [4.78, 5) is 4.13. The van der Waals surface area contributed by atoms with E-state index in [9.17, 15) is 4.39 Å². The minimum absolute atomic E-state index is 0.111. The van der Waals surface area contributed by atoms with E-state index in [4.69, 9.17) is 23.1 Å². The molecule has 96 valence electrons. The minimum atomic E-state index is -0.618. The molecule has 2 aromatic rings. The van der Waals surface area contributed by atoms with E-state index in [0.29, 0.717) is 13.0 Å². The van der Waals surface area contributed by atoms with Crippen LogP contribution in [0.3, 0.4) is 0 Å². The third-order valence-corrected chi connectivity index (χ3v) is 3.45. The summed E-state index contributed by atoms with van der Waals surface area (Å²) in [6.07, 6.45) is 0.685.